The van der Waals surface area contributed by atoms with Crippen LogP contribution < -0.4 is 5.73 Å². The lowest BCUT2D eigenvalue weighted by Crippen LogP contribution is -2.28. The van der Waals surface area contributed by atoms with Crippen molar-refractivity contribution < 1.29 is 0 Å². The van der Waals surface area contributed by atoms with Crippen LogP contribution >= 0.6 is 15.9 Å². The second-order valence-electron chi connectivity index (χ2n) is 5.15. The van der Waals surface area contributed by atoms with Gasteiger partial charge in [0, 0.05) is 22.1 Å². The molecule has 18 heavy (non-hydrogen) atoms. The molecule has 0 atom stereocenters. The first-order chi connectivity index (χ1) is 8.44. The molecule has 1 heterocycles. The maximum atomic E-state index is 5.80. The second kappa shape index (κ2) is 4.86. The van der Waals surface area contributed by atoms with Gasteiger partial charge in [-0.3, -0.25) is 0 Å². The van der Waals surface area contributed by atoms with Crippen LogP contribution in [0.4, 0.5) is 0 Å². The van der Waals surface area contributed by atoms with Crippen LogP contribution in [0.25, 0.3) is 5.69 Å². The molecule has 0 unspecified atom stereocenters. The van der Waals surface area contributed by atoms with E-state index in [0.29, 0.717) is 6.54 Å². The Balaban J connectivity index is 2.44. The molecule has 0 aliphatic carbocycles. The molecule has 0 fully saturated rings. The van der Waals surface area contributed by atoms with Crippen molar-refractivity contribution in [2.45, 2.75) is 26.2 Å². The average Bonchev–Trinajstić information content (AvgIpc) is 2.73. The van der Waals surface area contributed by atoms with E-state index in [2.05, 4.69) is 47.9 Å². The lowest BCUT2D eigenvalue weighted by atomic mass is 9.90. The van der Waals surface area contributed by atoms with Gasteiger partial charge in [-0.05, 0) is 37.3 Å². The third kappa shape index (κ3) is 2.49. The van der Waals surface area contributed by atoms with Gasteiger partial charge in [0.15, 0.2) is 0 Å². The summed E-state index contributed by atoms with van der Waals surface area (Å²) in [6, 6.07) is 10.2. The number of halogens is 1. The molecule has 0 aliphatic rings. The van der Waals surface area contributed by atoms with E-state index in [1.54, 1.807) is 0 Å². The molecule has 2 N–H and O–H groups in total. The molecule has 0 spiro atoms. The Morgan fingerprint density at radius 2 is 1.89 bits per heavy atom. The van der Waals surface area contributed by atoms with Crippen molar-refractivity contribution in [3.05, 3.63) is 46.2 Å². The molecule has 0 bridgehead atoms. The van der Waals surface area contributed by atoms with Crippen molar-refractivity contribution in [3.63, 3.8) is 0 Å². The summed E-state index contributed by atoms with van der Waals surface area (Å²) >= 11 is 3.44. The fourth-order valence-electron chi connectivity index (χ4n) is 1.75. The monoisotopic (exact) mass is 307 g/mol. The van der Waals surface area contributed by atoms with Crippen LogP contribution in [0.15, 0.2) is 34.8 Å². The van der Waals surface area contributed by atoms with Crippen LogP contribution in [0, 0.1) is 6.92 Å². The van der Waals surface area contributed by atoms with Crippen molar-refractivity contribution in [3.8, 4) is 5.69 Å². The smallest absolute Gasteiger partial charge is 0.0700 e. The van der Waals surface area contributed by atoms with Gasteiger partial charge >= 0.3 is 0 Å². The lowest BCUT2D eigenvalue weighted by Gasteiger charge is -2.19. The minimum Gasteiger partial charge on any atom is -0.330 e. The van der Waals surface area contributed by atoms with Crippen LogP contribution in [0.2, 0.25) is 0 Å². The first-order valence-corrected chi connectivity index (χ1v) is 6.76. The van der Waals surface area contributed by atoms with Crippen molar-refractivity contribution in [2.24, 2.45) is 5.73 Å². The minimum atomic E-state index is -0.0919. The maximum absolute atomic E-state index is 5.80. The number of nitrogens with zero attached hydrogens (tertiary/aromatic N) is 2. The fraction of sp³-hybridized carbons (Fsp3) is 0.357. The molecule has 3 nitrogen and oxygen atoms in total. The Morgan fingerprint density at radius 3 is 2.44 bits per heavy atom. The van der Waals surface area contributed by atoms with Crippen LogP contribution in [0.1, 0.15) is 25.2 Å². The van der Waals surface area contributed by atoms with E-state index in [9.17, 15) is 0 Å². The lowest BCUT2D eigenvalue weighted by molar-refractivity contribution is 0.515. The number of hydrogen-bond acceptors (Lipinski definition) is 2. The molecule has 1 aromatic heterocycles. The normalized spacial score (nSPS) is 11.8. The van der Waals surface area contributed by atoms with Gasteiger partial charge in [-0.15, -0.1) is 0 Å². The van der Waals surface area contributed by atoms with Gasteiger partial charge in [0.2, 0.25) is 0 Å². The summed E-state index contributed by atoms with van der Waals surface area (Å²) in [5.41, 5.74) is 8.93. The van der Waals surface area contributed by atoms with Crippen molar-refractivity contribution in [1.82, 2.24) is 9.78 Å². The van der Waals surface area contributed by atoms with Gasteiger partial charge in [-0.25, -0.2) is 4.68 Å². The Bertz CT molecular complexity index is 541. The third-order valence-electron chi connectivity index (χ3n) is 3.16. The van der Waals surface area contributed by atoms with Crippen LogP contribution in [0.5, 0.6) is 0 Å². The summed E-state index contributed by atoms with van der Waals surface area (Å²) in [7, 11) is 0. The standard InChI is InChI=1S/C14H18BrN3/c1-10-8-13(14(2,3)9-16)17-18(10)12-6-4-11(15)5-7-12/h4-8H,9,16H2,1-3H3. The largest absolute Gasteiger partial charge is 0.330 e. The van der Waals surface area contributed by atoms with Gasteiger partial charge in [0.1, 0.15) is 0 Å². The summed E-state index contributed by atoms with van der Waals surface area (Å²) in [4.78, 5) is 0. The number of aromatic nitrogens is 2. The van der Waals surface area contributed by atoms with E-state index in [0.717, 1.165) is 21.5 Å². The first-order valence-electron chi connectivity index (χ1n) is 5.97. The number of aryl methyl sites for hydroxylation is 1. The Hall–Kier alpha value is -1.13. The molecule has 0 amide bonds. The van der Waals surface area contributed by atoms with E-state index in [1.807, 2.05) is 28.9 Å². The topological polar surface area (TPSA) is 43.8 Å². The average molecular weight is 308 g/mol. The number of benzene rings is 1. The van der Waals surface area contributed by atoms with Gasteiger partial charge in [-0.2, -0.15) is 5.10 Å². The number of rotatable bonds is 3. The molecule has 0 aliphatic heterocycles. The minimum absolute atomic E-state index is 0.0919. The Labute approximate surface area is 116 Å². The zero-order valence-electron chi connectivity index (χ0n) is 10.9. The second-order valence-corrected chi connectivity index (χ2v) is 6.06. The summed E-state index contributed by atoms with van der Waals surface area (Å²) < 4.78 is 3.03. The number of nitrogens with two attached hydrogens (primary N) is 1. The highest BCUT2D eigenvalue weighted by Crippen LogP contribution is 2.23. The predicted octanol–water partition coefficient (Wildman–Crippen LogP) is 3.18. The maximum Gasteiger partial charge on any atom is 0.0700 e. The molecular weight excluding hydrogens is 290 g/mol. The Kier molecular flexibility index (Phi) is 3.59. The zero-order valence-corrected chi connectivity index (χ0v) is 12.5. The SMILES string of the molecule is Cc1cc(C(C)(C)CN)nn1-c1ccc(Br)cc1. The molecule has 2 rings (SSSR count). The van der Waals surface area contributed by atoms with E-state index in [1.165, 1.54) is 0 Å². The summed E-state index contributed by atoms with van der Waals surface area (Å²) in [6.07, 6.45) is 0. The highest BCUT2D eigenvalue weighted by Gasteiger charge is 2.22. The van der Waals surface area contributed by atoms with Gasteiger partial charge in [-0.1, -0.05) is 29.8 Å². The molecule has 96 valence electrons. The molecule has 0 saturated carbocycles. The highest BCUT2D eigenvalue weighted by atomic mass is 79.9. The molecule has 4 heteroatoms. The van der Waals surface area contributed by atoms with Crippen LogP contribution in [-0.4, -0.2) is 16.3 Å². The molecule has 0 radical (unpaired) electrons. The van der Waals surface area contributed by atoms with Crippen molar-refractivity contribution in [2.75, 3.05) is 6.54 Å². The van der Waals surface area contributed by atoms with Crippen molar-refractivity contribution >= 4 is 15.9 Å². The molecule has 1 aromatic carbocycles. The highest BCUT2D eigenvalue weighted by molar-refractivity contribution is 9.10. The van der Waals surface area contributed by atoms with E-state index >= 15 is 0 Å². The van der Waals surface area contributed by atoms with Crippen LogP contribution in [0.3, 0.4) is 0 Å². The first kappa shape index (κ1) is 13.3. The van der Waals surface area contributed by atoms with Gasteiger partial charge in [0.05, 0.1) is 11.4 Å². The van der Waals surface area contributed by atoms with E-state index in [4.69, 9.17) is 5.73 Å². The molecule has 0 saturated heterocycles. The zero-order chi connectivity index (χ0) is 13.3. The van der Waals surface area contributed by atoms with Gasteiger partial charge < -0.3 is 5.73 Å². The van der Waals surface area contributed by atoms with E-state index < -0.39 is 0 Å². The van der Waals surface area contributed by atoms with Crippen LogP contribution in [-0.2, 0) is 5.41 Å². The third-order valence-corrected chi connectivity index (χ3v) is 3.69. The van der Waals surface area contributed by atoms with E-state index in [-0.39, 0.29) is 5.41 Å². The summed E-state index contributed by atoms with van der Waals surface area (Å²) in [5.74, 6) is 0. The number of hydrogen-bond donors (Lipinski definition) is 1. The summed E-state index contributed by atoms with van der Waals surface area (Å²) in [6.45, 7) is 6.87. The summed E-state index contributed by atoms with van der Waals surface area (Å²) in [5, 5.41) is 4.67. The fourth-order valence-corrected chi connectivity index (χ4v) is 2.02. The molecular formula is C14H18BrN3. The van der Waals surface area contributed by atoms with Crippen molar-refractivity contribution in [1.29, 1.82) is 0 Å². The Morgan fingerprint density at radius 1 is 1.28 bits per heavy atom. The van der Waals surface area contributed by atoms with Gasteiger partial charge in [0.25, 0.3) is 0 Å². The quantitative estimate of drug-likeness (QED) is 0.946. The predicted molar refractivity (Wildman–Crippen MR) is 78.1 cm³/mol. The molecule has 2 aromatic rings.